The summed E-state index contributed by atoms with van der Waals surface area (Å²) in [5.41, 5.74) is 2.77. The Hall–Kier alpha value is -2.34. The molecule has 4 rings (SSSR count). The highest BCUT2D eigenvalue weighted by Gasteiger charge is 2.24. The van der Waals surface area contributed by atoms with E-state index in [4.69, 9.17) is 27.9 Å². The smallest absolute Gasteiger partial charge is 0.257 e. The summed E-state index contributed by atoms with van der Waals surface area (Å²) in [7, 11) is 0. The Bertz CT molecular complexity index is 990. The number of nitrogens with zero attached hydrogens (tertiary/aromatic N) is 2. The van der Waals surface area contributed by atoms with E-state index < -0.39 is 0 Å². The molecule has 0 atom stereocenters. The molecule has 138 valence electrons. The Labute approximate surface area is 166 Å². The van der Waals surface area contributed by atoms with Gasteiger partial charge >= 0.3 is 0 Å². The van der Waals surface area contributed by atoms with Gasteiger partial charge in [0, 0.05) is 13.1 Å². The van der Waals surface area contributed by atoms with Crippen LogP contribution in [-0.4, -0.2) is 47.1 Å². The molecule has 1 N–H and O–H groups in total. The van der Waals surface area contributed by atoms with Crippen molar-refractivity contribution >= 4 is 51.8 Å². The van der Waals surface area contributed by atoms with E-state index in [2.05, 4.69) is 9.97 Å². The second-order valence-electron chi connectivity index (χ2n) is 6.21. The summed E-state index contributed by atoms with van der Waals surface area (Å²) in [6, 6.07) is 13.0. The summed E-state index contributed by atoms with van der Waals surface area (Å²) < 4.78 is 5.36. The van der Waals surface area contributed by atoms with Gasteiger partial charge in [0.05, 0.1) is 39.9 Å². The van der Waals surface area contributed by atoms with Crippen LogP contribution in [0.15, 0.2) is 42.5 Å². The number of imidazole rings is 1. The molecule has 0 saturated carbocycles. The number of fused-ring (bicyclic) bond motifs is 1. The number of nitrogens with one attached hydrogen (secondary N) is 1. The van der Waals surface area contributed by atoms with E-state index in [1.165, 1.54) is 0 Å². The number of aromatic amines is 1. The summed E-state index contributed by atoms with van der Waals surface area (Å²) >= 11 is 12.5. The van der Waals surface area contributed by atoms with Crippen molar-refractivity contribution in [3.05, 3.63) is 63.9 Å². The van der Waals surface area contributed by atoms with E-state index in [0.29, 0.717) is 53.3 Å². The fourth-order valence-electron chi connectivity index (χ4n) is 3.04. The average molecular weight is 402 g/mol. The van der Waals surface area contributed by atoms with Gasteiger partial charge in [-0.1, -0.05) is 47.5 Å². The zero-order valence-electron chi connectivity index (χ0n) is 14.4. The van der Waals surface area contributed by atoms with Gasteiger partial charge in [-0.25, -0.2) is 4.98 Å². The third-order valence-electron chi connectivity index (χ3n) is 4.45. The van der Waals surface area contributed by atoms with E-state index in [0.717, 1.165) is 11.0 Å². The first-order valence-corrected chi connectivity index (χ1v) is 9.37. The fourth-order valence-corrected chi connectivity index (χ4v) is 3.40. The van der Waals surface area contributed by atoms with Crippen LogP contribution in [-0.2, 0) is 9.53 Å². The van der Waals surface area contributed by atoms with Gasteiger partial charge in [-0.2, -0.15) is 0 Å². The number of carbonyl (C=O) groups excluding carboxylic acids is 1. The number of H-pyrrole nitrogens is 1. The maximum Gasteiger partial charge on any atom is 0.257 e. The third-order valence-corrected chi connectivity index (χ3v) is 5.29. The zero-order chi connectivity index (χ0) is 18.8. The molecule has 2 aromatic carbocycles. The zero-order valence-corrected chi connectivity index (χ0v) is 15.9. The fraction of sp³-hybridized carbons (Fsp3) is 0.200. The predicted octanol–water partition coefficient (Wildman–Crippen LogP) is 4.27. The summed E-state index contributed by atoms with van der Waals surface area (Å²) in [6.07, 6.45) is 1.74. The van der Waals surface area contributed by atoms with Crippen LogP contribution in [0.25, 0.3) is 22.7 Å². The number of ether oxygens (including phenoxy) is 1. The van der Waals surface area contributed by atoms with Crippen molar-refractivity contribution in [2.45, 2.75) is 0 Å². The van der Waals surface area contributed by atoms with Gasteiger partial charge in [0.2, 0.25) is 0 Å². The molecular weight excluding hydrogens is 385 g/mol. The number of hydrogen-bond acceptors (Lipinski definition) is 3. The van der Waals surface area contributed by atoms with Crippen LogP contribution in [0.2, 0.25) is 10.0 Å². The molecule has 1 aliphatic rings. The molecule has 0 aliphatic carbocycles. The summed E-state index contributed by atoms with van der Waals surface area (Å²) in [5, 5.41) is 0.843. The molecule has 1 fully saturated rings. The number of aromatic nitrogens is 2. The number of morpholine rings is 1. The molecule has 27 heavy (non-hydrogen) atoms. The molecule has 1 aliphatic heterocycles. The van der Waals surface area contributed by atoms with Crippen LogP contribution in [0.1, 0.15) is 11.4 Å². The van der Waals surface area contributed by atoms with Crippen LogP contribution < -0.4 is 0 Å². The van der Waals surface area contributed by atoms with Gasteiger partial charge in [-0.3, -0.25) is 4.79 Å². The molecular formula is C20H17Cl2N3O2. The highest BCUT2D eigenvalue weighted by atomic mass is 35.5. The summed E-state index contributed by atoms with van der Waals surface area (Å²) in [4.78, 5) is 22.8. The topological polar surface area (TPSA) is 58.2 Å². The van der Waals surface area contributed by atoms with Gasteiger partial charge in [0.25, 0.3) is 5.91 Å². The van der Waals surface area contributed by atoms with Gasteiger partial charge in [0.15, 0.2) is 0 Å². The number of rotatable bonds is 3. The molecule has 1 aromatic heterocycles. The largest absolute Gasteiger partial charge is 0.378 e. The van der Waals surface area contributed by atoms with Crippen molar-refractivity contribution in [2.75, 3.05) is 26.3 Å². The highest BCUT2D eigenvalue weighted by molar-refractivity contribution is 6.43. The van der Waals surface area contributed by atoms with Crippen LogP contribution in [0.4, 0.5) is 0 Å². The first-order valence-electron chi connectivity index (χ1n) is 8.61. The van der Waals surface area contributed by atoms with Gasteiger partial charge in [-0.15, -0.1) is 0 Å². The first kappa shape index (κ1) is 18.0. The number of amides is 1. The van der Waals surface area contributed by atoms with Crippen molar-refractivity contribution in [1.29, 1.82) is 0 Å². The molecule has 0 radical (unpaired) electrons. The Kier molecular flexibility index (Phi) is 5.16. The highest BCUT2D eigenvalue weighted by Crippen LogP contribution is 2.30. The molecule has 3 aromatic rings. The number of para-hydroxylation sites is 2. The number of halogens is 2. The summed E-state index contributed by atoms with van der Waals surface area (Å²) in [5.74, 6) is 0.386. The molecule has 0 bridgehead atoms. The number of benzene rings is 2. The molecule has 7 heteroatoms. The quantitative estimate of drug-likeness (QED) is 0.666. The normalized spacial score (nSPS) is 15.3. The van der Waals surface area contributed by atoms with Crippen molar-refractivity contribution in [2.24, 2.45) is 0 Å². The lowest BCUT2D eigenvalue weighted by Crippen LogP contribution is -2.41. The van der Waals surface area contributed by atoms with Crippen LogP contribution in [0, 0.1) is 0 Å². The van der Waals surface area contributed by atoms with E-state index >= 15 is 0 Å². The lowest BCUT2D eigenvalue weighted by molar-refractivity contribution is -0.128. The van der Waals surface area contributed by atoms with Gasteiger partial charge in [-0.05, 0) is 29.8 Å². The van der Waals surface area contributed by atoms with E-state index in [1.54, 1.807) is 23.1 Å². The minimum Gasteiger partial charge on any atom is -0.378 e. The van der Waals surface area contributed by atoms with E-state index in [9.17, 15) is 4.79 Å². The Morgan fingerprint density at radius 2 is 1.89 bits per heavy atom. The SMILES string of the molecule is O=C(/C(=C/c1cccc(Cl)c1Cl)c1nc2ccccc2[nH]1)N1CCOCC1. The molecule has 2 heterocycles. The maximum atomic E-state index is 13.2. The summed E-state index contributed by atoms with van der Waals surface area (Å²) in [6.45, 7) is 2.13. The lowest BCUT2D eigenvalue weighted by Gasteiger charge is -2.27. The molecule has 0 unspecified atom stereocenters. The Balaban J connectivity index is 1.82. The van der Waals surface area contributed by atoms with Crippen molar-refractivity contribution in [3.8, 4) is 0 Å². The molecule has 5 nitrogen and oxygen atoms in total. The number of hydrogen-bond donors (Lipinski definition) is 1. The standard InChI is InChI=1S/C20H17Cl2N3O2/c21-15-5-3-4-13(18(15)22)12-14(20(26)25-8-10-27-11-9-25)19-23-16-6-1-2-7-17(16)24-19/h1-7,12H,8-11H2,(H,23,24)/b14-12+. The lowest BCUT2D eigenvalue weighted by atomic mass is 10.1. The van der Waals surface area contributed by atoms with Crippen molar-refractivity contribution < 1.29 is 9.53 Å². The van der Waals surface area contributed by atoms with Crippen molar-refractivity contribution in [1.82, 2.24) is 14.9 Å². The van der Waals surface area contributed by atoms with Crippen LogP contribution >= 0.6 is 23.2 Å². The molecule has 1 amide bonds. The minimum atomic E-state index is -0.117. The van der Waals surface area contributed by atoms with Gasteiger partial charge < -0.3 is 14.6 Å². The average Bonchev–Trinajstić information content (AvgIpc) is 3.13. The van der Waals surface area contributed by atoms with Crippen molar-refractivity contribution in [3.63, 3.8) is 0 Å². The minimum absolute atomic E-state index is 0.117. The van der Waals surface area contributed by atoms with Gasteiger partial charge in [0.1, 0.15) is 5.82 Å². The molecule has 0 spiro atoms. The van der Waals surface area contributed by atoms with E-state index in [1.807, 2.05) is 30.3 Å². The predicted molar refractivity (Wildman–Crippen MR) is 108 cm³/mol. The third kappa shape index (κ3) is 3.72. The molecule has 1 saturated heterocycles. The Morgan fingerprint density at radius 3 is 2.67 bits per heavy atom. The maximum absolute atomic E-state index is 13.2. The van der Waals surface area contributed by atoms with Crippen LogP contribution in [0.5, 0.6) is 0 Å². The van der Waals surface area contributed by atoms with Crippen LogP contribution in [0.3, 0.4) is 0 Å². The Morgan fingerprint density at radius 1 is 1.11 bits per heavy atom. The first-order chi connectivity index (χ1) is 13.1. The second kappa shape index (κ2) is 7.72. The van der Waals surface area contributed by atoms with E-state index in [-0.39, 0.29) is 5.91 Å². The monoisotopic (exact) mass is 401 g/mol. The number of carbonyl (C=O) groups is 1. The second-order valence-corrected chi connectivity index (χ2v) is 6.99.